The number of aromatic nitrogens is 5. The van der Waals surface area contributed by atoms with E-state index in [2.05, 4.69) is 15.4 Å². The zero-order chi connectivity index (χ0) is 20.3. The quantitative estimate of drug-likeness (QED) is 0.490. The summed E-state index contributed by atoms with van der Waals surface area (Å²) >= 11 is 0. The molecular weight excluding hydrogens is 376 g/mol. The van der Waals surface area contributed by atoms with Crippen LogP contribution in [0.25, 0.3) is 27.8 Å². The van der Waals surface area contributed by atoms with E-state index in [-0.39, 0.29) is 12.5 Å². The van der Waals surface area contributed by atoms with Gasteiger partial charge in [-0.3, -0.25) is 14.5 Å². The molecular formula is C23H18N6O. The summed E-state index contributed by atoms with van der Waals surface area (Å²) in [6.45, 7) is 0.0889. The van der Waals surface area contributed by atoms with E-state index in [1.54, 1.807) is 34.0 Å². The number of anilines is 1. The first-order chi connectivity index (χ1) is 14.8. The van der Waals surface area contributed by atoms with E-state index in [1.807, 2.05) is 66.7 Å². The van der Waals surface area contributed by atoms with Crippen LogP contribution in [-0.4, -0.2) is 30.5 Å². The number of para-hydroxylation sites is 2. The Hall–Kier alpha value is -4.26. The van der Waals surface area contributed by atoms with Gasteiger partial charge in [-0.25, -0.2) is 4.68 Å². The number of hydrogen-bond acceptors (Lipinski definition) is 4. The van der Waals surface area contributed by atoms with Crippen LogP contribution in [0.2, 0.25) is 0 Å². The number of pyridine rings is 1. The average molecular weight is 394 g/mol. The van der Waals surface area contributed by atoms with Crippen LogP contribution >= 0.6 is 0 Å². The maximum absolute atomic E-state index is 12.8. The van der Waals surface area contributed by atoms with Gasteiger partial charge in [0.2, 0.25) is 5.91 Å². The maximum atomic E-state index is 12.8. The Balaban J connectivity index is 1.43. The maximum Gasteiger partial charge on any atom is 0.247 e. The second kappa shape index (κ2) is 7.63. The van der Waals surface area contributed by atoms with Gasteiger partial charge in [-0.15, -0.1) is 0 Å². The number of nitrogens with zero attached hydrogens (tertiary/aromatic N) is 5. The summed E-state index contributed by atoms with van der Waals surface area (Å²) < 4.78 is 3.42. The van der Waals surface area contributed by atoms with Crippen LogP contribution < -0.4 is 5.32 Å². The van der Waals surface area contributed by atoms with Gasteiger partial charge in [0, 0.05) is 29.4 Å². The summed E-state index contributed by atoms with van der Waals surface area (Å²) in [4.78, 5) is 16.9. The Morgan fingerprint density at radius 1 is 0.867 bits per heavy atom. The molecule has 0 aliphatic heterocycles. The second-order valence-electron chi connectivity index (χ2n) is 6.77. The van der Waals surface area contributed by atoms with Gasteiger partial charge >= 0.3 is 0 Å². The Labute approximate surface area is 172 Å². The highest BCUT2D eigenvalue weighted by Crippen LogP contribution is 2.27. The van der Waals surface area contributed by atoms with Gasteiger partial charge in [0.15, 0.2) is 0 Å². The summed E-state index contributed by atoms with van der Waals surface area (Å²) in [6.07, 6.45) is 5.13. The molecule has 0 radical (unpaired) electrons. The molecule has 0 saturated carbocycles. The van der Waals surface area contributed by atoms with Gasteiger partial charge in [-0.05, 0) is 30.3 Å². The van der Waals surface area contributed by atoms with E-state index in [9.17, 15) is 4.79 Å². The molecule has 7 heteroatoms. The van der Waals surface area contributed by atoms with Gasteiger partial charge in [0.05, 0.1) is 17.4 Å². The fourth-order valence-corrected chi connectivity index (χ4v) is 3.46. The minimum Gasteiger partial charge on any atom is -0.309 e. The predicted octanol–water partition coefficient (Wildman–Crippen LogP) is 3.92. The molecule has 30 heavy (non-hydrogen) atoms. The second-order valence-corrected chi connectivity index (χ2v) is 6.77. The first-order valence-electron chi connectivity index (χ1n) is 9.55. The molecule has 0 fully saturated rings. The molecule has 1 amide bonds. The van der Waals surface area contributed by atoms with E-state index in [1.165, 1.54) is 0 Å². The van der Waals surface area contributed by atoms with E-state index in [4.69, 9.17) is 5.10 Å². The van der Waals surface area contributed by atoms with Crippen LogP contribution in [0.3, 0.4) is 0 Å². The van der Waals surface area contributed by atoms with Gasteiger partial charge in [0.25, 0.3) is 0 Å². The number of carbonyl (C=O) groups excluding carboxylic acids is 1. The lowest BCUT2D eigenvalue weighted by atomic mass is 10.1. The lowest BCUT2D eigenvalue weighted by molar-refractivity contribution is -0.116. The van der Waals surface area contributed by atoms with Gasteiger partial charge in [-0.1, -0.05) is 36.4 Å². The molecule has 3 heterocycles. The number of carbonyl (C=O) groups is 1. The Morgan fingerprint density at radius 3 is 2.47 bits per heavy atom. The van der Waals surface area contributed by atoms with Crippen molar-refractivity contribution in [3.63, 3.8) is 0 Å². The Bertz CT molecular complexity index is 1310. The Kier molecular flexibility index (Phi) is 4.53. The van der Waals surface area contributed by atoms with Crippen molar-refractivity contribution in [1.29, 1.82) is 0 Å². The highest BCUT2D eigenvalue weighted by Gasteiger charge is 2.15. The summed E-state index contributed by atoms with van der Waals surface area (Å²) in [5.74, 6) is 0.430. The summed E-state index contributed by atoms with van der Waals surface area (Å²) in [5, 5.41) is 13.0. The molecule has 0 spiro atoms. The SMILES string of the molecule is O=C(Cn1nc(-c2ccncc2)c2ccccc21)Nc1ccnn1-c1ccccc1. The van der Waals surface area contributed by atoms with Crippen molar-refractivity contribution in [3.8, 4) is 16.9 Å². The van der Waals surface area contributed by atoms with Crippen molar-refractivity contribution in [2.24, 2.45) is 0 Å². The molecule has 146 valence electrons. The molecule has 0 aliphatic carbocycles. The number of benzene rings is 2. The summed E-state index contributed by atoms with van der Waals surface area (Å²) in [7, 11) is 0. The van der Waals surface area contributed by atoms with Crippen LogP contribution in [-0.2, 0) is 11.3 Å². The largest absolute Gasteiger partial charge is 0.309 e. The smallest absolute Gasteiger partial charge is 0.247 e. The monoisotopic (exact) mass is 394 g/mol. The highest BCUT2D eigenvalue weighted by atomic mass is 16.2. The van der Waals surface area contributed by atoms with Crippen molar-refractivity contribution in [3.05, 3.63) is 91.4 Å². The molecule has 5 rings (SSSR count). The third kappa shape index (κ3) is 3.33. The number of fused-ring (bicyclic) bond motifs is 1. The molecule has 0 bridgehead atoms. The average Bonchev–Trinajstić information content (AvgIpc) is 3.40. The molecule has 0 atom stereocenters. The van der Waals surface area contributed by atoms with Crippen molar-refractivity contribution >= 4 is 22.6 Å². The number of nitrogens with one attached hydrogen (secondary N) is 1. The van der Waals surface area contributed by atoms with Crippen molar-refractivity contribution in [1.82, 2.24) is 24.5 Å². The normalized spacial score (nSPS) is 10.9. The van der Waals surface area contributed by atoms with Crippen molar-refractivity contribution in [2.75, 3.05) is 5.32 Å². The fraction of sp³-hybridized carbons (Fsp3) is 0.0435. The van der Waals surface area contributed by atoms with Crippen molar-refractivity contribution < 1.29 is 4.79 Å². The molecule has 3 aromatic heterocycles. The fourth-order valence-electron chi connectivity index (χ4n) is 3.46. The lowest BCUT2D eigenvalue weighted by Crippen LogP contribution is -2.21. The molecule has 0 aliphatic rings. The minimum atomic E-state index is -0.179. The van der Waals surface area contributed by atoms with Crippen LogP contribution in [0.1, 0.15) is 0 Å². The third-order valence-corrected chi connectivity index (χ3v) is 4.82. The minimum absolute atomic E-state index is 0.0889. The lowest BCUT2D eigenvalue weighted by Gasteiger charge is -2.09. The van der Waals surface area contributed by atoms with Crippen LogP contribution in [0.4, 0.5) is 5.82 Å². The van der Waals surface area contributed by atoms with Gasteiger partial charge in [-0.2, -0.15) is 10.2 Å². The van der Waals surface area contributed by atoms with E-state index < -0.39 is 0 Å². The zero-order valence-electron chi connectivity index (χ0n) is 16.0. The van der Waals surface area contributed by atoms with Crippen LogP contribution in [0.15, 0.2) is 91.4 Å². The summed E-state index contributed by atoms with van der Waals surface area (Å²) in [6, 6.07) is 23.2. The van der Waals surface area contributed by atoms with Crippen LogP contribution in [0.5, 0.6) is 0 Å². The Morgan fingerprint density at radius 2 is 1.63 bits per heavy atom. The van der Waals surface area contributed by atoms with Gasteiger partial charge in [0.1, 0.15) is 18.1 Å². The van der Waals surface area contributed by atoms with Crippen molar-refractivity contribution in [2.45, 2.75) is 6.54 Å². The highest BCUT2D eigenvalue weighted by molar-refractivity contribution is 5.95. The number of rotatable bonds is 5. The first-order valence-corrected chi connectivity index (χ1v) is 9.55. The topological polar surface area (TPSA) is 77.6 Å². The van der Waals surface area contributed by atoms with E-state index in [0.717, 1.165) is 27.8 Å². The number of hydrogen-bond donors (Lipinski definition) is 1. The number of amides is 1. The third-order valence-electron chi connectivity index (χ3n) is 4.82. The molecule has 2 aromatic carbocycles. The van der Waals surface area contributed by atoms with E-state index >= 15 is 0 Å². The molecule has 1 N–H and O–H groups in total. The van der Waals surface area contributed by atoms with E-state index in [0.29, 0.717) is 5.82 Å². The summed E-state index contributed by atoms with van der Waals surface area (Å²) in [5.41, 5.74) is 3.57. The van der Waals surface area contributed by atoms with Crippen LogP contribution in [0, 0.1) is 0 Å². The first kappa shape index (κ1) is 17.8. The van der Waals surface area contributed by atoms with Gasteiger partial charge < -0.3 is 5.32 Å². The zero-order valence-corrected chi connectivity index (χ0v) is 16.0. The predicted molar refractivity (Wildman–Crippen MR) is 115 cm³/mol. The molecule has 5 aromatic rings. The standard InChI is InChI=1S/C23H18N6O/c30-22(26-21-12-15-25-29(21)18-6-2-1-3-7-18)16-28-20-9-5-4-8-19(20)23(27-28)17-10-13-24-14-11-17/h1-15H,16H2,(H,26,30). The molecule has 0 saturated heterocycles. The molecule has 0 unspecified atom stereocenters. The molecule has 7 nitrogen and oxygen atoms in total.